The summed E-state index contributed by atoms with van der Waals surface area (Å²) in [5.41, 5.74) is 5.26. The van der Waals surface area contributed by atoms with Crippen molar-refractivity contribution in [2.24, 2.45) is 12.8 Å². The van der Waals surface area contributed by atoms with Crippen molar-refractivity contribution in [3.8, 4) is 16.9 Å². The molecule has 0 aliphatic heterocycles. The maximum absolute atomic E-state index is 13.8. The lowest BCUT2D eigenvalue weighted by Gasteiger charge is -2.12. The van der Waals surface area contributed by atoms with E-state index in [4.69, 9.17) is 38.1 Å². The van der Waals surface area contributed by atoms with Gasteiger partial charge in [0.05, 0.1) is 16.9 Å². The molecule has 0 aliphatic rings. The fraction of sp³-hybridized carbons (Fsp3) is 0.154. The molecule has 0 fully saturated rings. The molecular formula is C26H18Cl2F3N5O4S. The summed E-state index contributed by atoms with van der Waals surface area (Å²) in [4.78, 5) is 29.0. The Kier molecular flexibility index (Phi) is 7.45. The maximum atomic E-state index is 13.8. The number of hydrogen-bond donors (Lipinski definition) is 2. The van der Waals surface area contributed by atoms with E-state index >= 15 is 0 Å². The van der Waals surface area contributed by atoms with Crippen LogP contribution in [-0.2, 0) is 19.8 Å². The van der Waals surface area contributed by atoms with Crippen molar-refractivity contribution in [3.05, 3.63) is 80.4 Å². The number of anilines is 1. The number of pyridine rings is 1. The Morgan fingerprint density at radius 1 is 1.20 bits per heavy atom. The van der Waals surface area contributed by atoms with Gasteiger partial charge in [0.15, 0.2) is 5.76 Å². The van der Waals surface area contributed by atoms with Crippen molar-refractivity contribution in [3.63, 3.8) is 0 Å². The van der Waals surface area contributed by atoms with Gasteiger partial charge in [-0.25, -0.2) is 4.98 Å². The van der Waals surface area contributed by atoms with Crippen LogP contribution in [0, 0.1) is 6.92 Å². The molecule has 0 aliphatic carbocycles. The molecule has 0 spiro atoms. The van der Waals surface area contributed by atoms with Crippen LogP contribution in [0.3, 0.4) is 0 Å². The Bertz CT molecular complexity index is 1830. The number of carbonyl (C=O) groups excluding carboxylic acids is 2. The first-order valence-corrected chi connectivity index (χ1v) is 13.2. The number of benzene rings is 1. The summed E-state index contributed by atoms with van der Waals surface area (Å²) < 4.78 is 54.0. The van der Waals surface area contributed by atoms with E-state index in [2.05, 4.69) is 15.4 Å². The quantitative estimate of drug-likeness (QED) is 0.204. The van der Waals surface area contributed by atoms with Gasteiger partial charge in [0.25, 0.3) is 11.8 Å². The van der Waals surface area contributed by atoms with Crippen LogP contribution in [0.1, 0.15) is 37.4 Å². The molecule has 0 unspecified atom stereocenters. The Morgan fingerprint density at radius 2 is 1.95 bits per heavy atom. The molecule has 4 heterocycles. The number of ether oxygens (including phenoxy) is 1. The molecule has 5 aromatic rings. The van der Waals surface area contributed by atoms with Crippen molar-refractivity contribution in [1.29, 1.82) is 0 Å². The zero-order chi connectivity index (χ0) is 29.6. The van der Waals surface area contributed by atoms with E-state index in [-0.39, 0.29) is 49.5 Å². The number of halogens is 5. The second-order valence-corrected chi connectivity index (χ2v) is 10.5. The summed E-state index contributed by atoms with van der Waals surface area (Å²) in [6, 6.07) is 8.58. The third-order valence-electron chi connectivity index (χ3n) is 6.11. The van der Waals surface area contributed by atoms with E-state index in [0.717, 1.165) is 6.07 Å². The van der Waals surface area contributed by atoms with Crippen LogP contribution >= 0.6 is 34.5 Å². The van der Waals surface area contributed by atoms with Gasteiger partial charge >= 0.3 is 6.18 Å². The van der Waals surface area contributed by atoms with Crippen LogP contribution in [0.2, 0.25) is 10.0 Å². The number of carbonyl (C=O) groups is 2. The fourth-order valence-corrected chi connectivity index (χ4v) is 5.36. The van der Waals surface area contributed by atoms with Gasteiger partial charge in [-0.15, -0.1) is 11.3 Å². The van der Waals surface area contributed by atoms with E-state index in [0.29, 0.717) is 33.4 Å². The van der Waals surface area contributed by atoms with Gasteiger partial charge in [0.2, 0.25) is 0 Å². The smallest absolute Gasteiger partial charge is 0.433 e. The molecule has 1 aromatic carbocycles. The topological polar surface area (TPSA) is 125 Å². The lowest BCUT2D eigenvalue weighted by molar-refractivity contribution is -0.140. The van der Waals surface area contributed by atoms with Crippen molar-refractivity contribution >= 4 is 62.3 Å². The monoisotopic (exact) mass is 623 g/mol. The van der Waals surface area contributed by atoms with Gasteiger partial charge in [0, 0.05) is 23.7 Å². The summed E-state index contributed by atoms with van der Waals surface area (Å²) in [6.45, 7) is 1.58. The van der Waals surface area contributed by atoms with Gasteiger partial charge in [-0.1, -0.05) is 29.3 Å². The van der Waals surface area contributed by atoms with Crippen LogP contribution < -0.4 is 15.8 Å². The summed E-state index contributed by atoms with van der Waals surface area (Å²) in [5, 5.41) is 7.32. The van der Waals surface area contributed by atoms with E-state index in [1.54, 1.807) is 32.2 Å². The highest BCUT2D eigenvalue weighted by Gasteiger charge is 2.35. The predicted molar refractivity (Wildman–Crippen MR) is 148 cm³/mol. The number of nitrogens with zero attached hydrogens (tertiary/aromatic N) is 3. The third-order valence-corrected chi connectivity index (χ3v) is 8.01. The zero-order valence-electron chi connectivity index (χ0n) is 21.1. The highest BCUT2D eigenvalue weighted by atomic mass is 35.5. The molecule has 41 heavy (non-hydrogen) atoms. The van der Waals surface area contributed by atoms with Crippen molar-refractivity contribution in [1.82, 2.24) is 14.8 Å². The average Bonchev–Trinajstić information content (AvgIpc) is 3.62. The third kappa shape index (κ3) is 5.47. The average molecular weight is 624 g/mol. The second-order valence-electron chi connectivity index (χ2n) is 8.73. The molecule has 0 radical (unpaired) electrons. The van der Waals surface area contributed by atoms with E-state index in [1.165, 1.54) is 23.0 Å². The highest BCUT2D eigenvalue weighted by Crippen LogP contribution is 2.44. The zero-order valence-corrected chi connectivity index (χ0v) is 23.4. The number of nitrogens with one attached hydrogen (secondary N) is 1. The summed E-state index contributed by atoms with van der Waals surface area (Å²) in [6.07, 6.45) is -3.39. The molecule has 5 rings (SSSR count). The molecule has 0 saturated heterocycles. The van der Waals surface area contributed by atoms with Gasteiger partial charge < -0.3 is 20.2 Å². The number of rotatable bonds is 7. The lowest BCUT2D eigenvalue weighted by atomic mass is 10.0. The SMILES string of the molecule is Cc1c(-c2cc(C(F)(F)F)nc3sc(C(N)=O)c(NC(=O)c4ccc(COc5cccc(Cl)c5Cl)o4)c23)cnn1C. The number of aromatic nitrogens is 3. The summed E-state index contributed by atoms with van der Waals surface area (Å²) in [5.74, 6) is -1.33. The number of furan rings is 1. The van der Waals surface area contributed by atoms with Gasteiger partial charge in [-0.05, 0) is 42.8 Å². The number of aryl methyl sites for hydroxylation is 1. The number of primary amides is 1. The summed E-state index contributed by atoms with van der Waals surface area (Å²) in [7, 11) is 1.63. The van der Waals surface area contributed by atoms with Gasteiger partial charge in [-0.3, -0.25) is 14.3 Å². The Labute approximate surface area is 243 Å². The molecule has 2 amide bonds. The minimum absolute atomic E-state index is 0.0684. The van der Waals surface area contributed by atoms with Gasteiger partial charge in [-0.2, -0.15) is 18.3 Å². The minimum Gasteiger partial charge on any atom is -0.484 e. The molecular weight excluding hydrogens is 606 g/mol. The lowest BCUT2D eigenvalue weighted by Crippen LogP contribution is -2.16. The number of fused-ring (bicyclic) bond motifs is 1. The first-order valence-electron chi connectivity index (χ1n) is 11.7. The van der Waals surface area contributed by atoms with Crippen LogP contribution in [0.4, 0.5) is 18.9 Å². The van der Waals surface area contributed by atoms with Crippen molar-refractivity contribution in [2.45, 2.75) is 19.7 Å². The number of amides is 2. The molecule has 212 valence electrons. The van der Waals surface area contributed by atoms with Crippen LogP contribution in [0.25, 0.3) is 21.3 Å². The number of thiophene rings is 1. The second kappa shape index (κ2) is 10.7. The minimum atomic E-state index is -4.78. The molecule has 9 nitrogen and oxygen atoms in total. The van der Waals surface area contributed by atoms with Crippen molar-refractivity contribution < 1.29 is 31.9 Å². The van der Waals surface area contributed by atoms with E-state index in [1.807, 2.05) is 0 Å². The molecule has 0 bridgehead atoms. The highest BCUT2D eigenvalue weighted by molar-refractivity contribution is 7.21. The number of nitrogens with two attached hydrogens (primary N) is 1. The first-order chi connectivity index (χ1) is 19.3. The van der Waals surface area contributed by atoms with E-state index in [9.17, 15) is 22.8 Å². The molecule has 0 saturated carbocycles. The predicted octanol–water partition coefficient (Wildman–Crippen LogP) is 6.85. The fourth-order valence-electron chi connectivity index (χ4n) is 4.01. The molecule has 15 heteroatoms. The first kappa shape index (κ1) is 28.5. The Balaban J connectivity index is 1.53. The normalized spacial score (nSPS) is 11.7. The van der Waals surface area contributed by atoms with Crippen LogP contribution in [0.15, 0.2) is 47.0 Å². The standard InChI is InChI=1S/C26H18Cl2F3N5O4S/c1-11-14(9-33-36(11)2)13-8-18(26(29,30)31)34-25-19(13)21(22(41-25)23(32)37)35-24(38)17-7-6-12(40-17)10-39-16-5-3-4-15(27)20(16)28/h3-9H,10H2,1-2H3,(H2,32,37)(H,35,38). The largest absolute Gasteiger partial charge is 0.484 e. The van der Waals surface area contributed by atoms with E-state index < -0.39 is 23.7 Å². The van der Waals surface area contributed by atoms with Gasteiger partial charge in [0.1, 0.15) is 38.5 Å². The number of hydrogen-bond acceptors (Lipinski definition) is 7. The summed E-state index contributed by atoms with van der Waals surface area (Å²) >= 11 is 12.7. The molecule has 0 atom stereocenters. The molecule has 3 N–H and O–H groups in total. The molecule has 4 aromatic heterocycles. The number of alkyl halides is 3. The van der Waals surface area contributed by atoms with Crippen molar-refractivity contribution in [2.75, 3.05) is 5.32 Å². The van der Waals surface area contributed by atoms with Crippen LogP contribution in [0.5, 0.6) is 5.75 Å². The van der Waals surface area contributed by atoms with Crippen LogP contribution in [-0.4, -0.2) is 26.6 Å². The Morgan fingerprint density at radius 3 is 2.61 bits per heavy atom. The maximum Gasteiger partial charge on any atom is 0.433 e. The Hall–Kier alpha value is -4.07.